The van der Waals surface area contributed by atoms with Crippen LogP contribution in [0.1, 0.15) is 90.4 Å². The molecule has 0 N–H and O–H groups in total. The van der Waals surface area contributed by atoms with Gasteiger partial charge in [0.15, 0.2) is 0 Å². The van der Waals surface area contributed by atoms with E-state index in [1.165, 1.54) is 70.6 Å². The van der Waals surface area contributed by atoms with Crippen molar-refractivity contribution in [1.82, 2.24) is 0 Å². The topological polar surface area (TPSA) is 17.1 Å². The Kier molecular flexibility index (Phi) is 14.9. The van der Waals surface area contributed by atoms with Crippen molar-refractivity contribution in [2.75, 3.05) is 0 Å². The fourth-order valence-corrected chi connectivity index (χ4v) is 2.52. The van der Waals surface area contributed by atoms with E-state index in [9.17, 15) is 4.79 Å². The van der Waals surface area contributed by atoms with E-state index in [4.69, 9.17) is 0 Å². The van der Waals surface area contributed by atoms with Crippen LogP contribution in [0.2, 0.25) is 0 Å². The van der Waals surface area contributed by atoms with Crippen molar-refractivity contribution >= 4 is 26.1 Å². The van der Waals surface area contributed by atoms with Crippen LogP contribution in [-0.4, -0.2) is 26.1 Å². The van der Waals surface area contributed by atoms with Gasteiger partial charge in [0.2, 0.25) is 0 Å². The second-order valence-electron chi connectivity index (χ2n) is 5.01. The normalized spacial score (nSPS) is 10.6. The summed E-state index contributed by atoms with van der Waals surface area (Å²) in [6, 6.07) is 0. The summed E-state index contributed by atoms with van der Waals surface area (Å²) < 4.78 is 0.355. The Morgan fingerprint density at radius 1 is 0.706 bits per heavy atom. The molecule has 17 heavy (non-hydrogen) atoms. The molecule has 0 aromatic carbocycles. The van der Waals surface area contributed by atoms with Crippen molar-refractivity contribution < 1.29 is 4.79 Å². The number of unbranched alkanes of at least 4 members (excludes halogenated alkanes) is 11. The first-order chi connectivity index (χ1) is 8.27. The first-order valence-electron chi connectivity index (χ1n) is 7.47. The molecule has 101 valence electrons. The maximum absolute atomic E-state index is 10.7. The zero-order chi connectivity index (χ0) is 12.8. The van der Waals surface area contributed by atoms with Gasteiger partial charge < -0.3 is 0 Å². The number of rotatable bonds is 13. The third-order valence-electron chi connectivity index (χ3n) is 3.23. The molecule has 0 bridgehead atoms. The minimum atomic E-state index is 0.355. The van der Waals surface area contributed by atoms with E-state index < -0.39 is 0 Å². The van der Waals surface area contributed by atoms with Gasteiger partial charge in [-0.25, -0.2) is 0 Å². The summed E-state index contributed by atoms with van der Waals surface area (Å²) in [6.45, 7) is 2.27. The molecule has 0 heterocycles. The second kappa shape index (κ2) is 14.5. The molecule has 0 unspecified atom stereocenters. The molecule has 0 spiro atoms. The zero-order valence-electron chi connectivity index (χ0n) is 11.5. The predicted octanol–water partition coefficient (Wildman–Crippen LogP) is 4.77. The van der Waals surface area contributed by atoms with Crippen LogP contribution in [-0.2, 0) is 4.79 Å². The van der Waals surface area contributed by atoms with Gasteiger partial charge in [-0.15, -0.1) is 0 Å². The zero-order valence-corrected chi connectivity index (χ0v) is 13.8. The molecule has 0 aromatic heterocycles. The third-order valence-corrected chi connectivity index (χ3v) is 3.82. The average Bonchev–Trinajstić information content (AvgIpc) is 2.30. The van der Waals surface area contributed by atoms with Gasteiger partial charge in [-0.2, -0.15) is 0 Å². The van der Waals surface area contributed by atoms with E-state index in [2.05, 4.69) is 6.92 Å². The molecule has 0 aliphatic carbocycles. The summed E-state index contributed by atoms with van der Waals surface area (Å²) in [5, 5.41) is 0. The molecule has 0 saturated carbocycles. The fraction of sp³-hybridized carbons (Fsp3) is 0.933. The third kappa shape index (κ3) is 16.5. The Balaban J connectivity index is 2.91. The first-order valence-corrected chi connectivity index (χ1v) is 8.63. The van der Waals surface area contributed by atoms with Crippen LogP contribution >= 0.6 is 0 Å². The Labute approximate surface area is 121 Å². The molecular formula is C15H29OTe. The number of carbonyl (C=O) groups excluding carboxylic acids is 1. The first kappa shape index (κ1) is 17.5. The van der Waals surface area contributed by atoms with Crippen LogP contribution in [0.5, 0.6) is 0 Å². The predicted molar refractivity (Wildman–Crippen MR) is 76.5 cm³/mol. The minimum absolute atomic E-state index is 0.355. The monoisotopic (exact) mass is 355 g/mol. The molecule has 0 aliphatic rings. The Morgan fingerprint density at radius 3 is 1.41 bits per heavy atom. The van der Waals surface area contributed by atoms with Crippen LogP contribution in [0.15, 0.2) is 0 Å². The molecule has 2 heteroatoms. The van der Waals surface area contributed by atoms with Crippen LogP contribution in [0.3, 0.4) is 0 Å². The molecule has 0 aliphatic heterocycles. The van der Waals surface area contributed by atoms with Gasteiger partial charge in [0.25, 0.3) is 0 Å². The Morgan fingerprint density at radius 2 is 1.06 bits per heavy atom. The van der Waals surface area contributed by atoms with E-state index in [0.29, 0.717) is 3.83 Å². The Bertz CT molecular complexity index is 168. The molecule has 1 nitrogen and oxygen atoms in total. The summed E-state index contributed by atoms with van der Waals surface area (Å²) >= 11 is 1.63. The standard InChI is InChI=1S/C15H29OTe/c1-2-3-4-5-6-7-8-9-10-11-12-13-14-15(16)17/h2-14H2,1H3. The van der Waals surface area contributed by atoms with Crippen LogP contribution in [0.4, 0.5) is 0 Å². The van der Waals surface area contributed by atoms with Crippen molar-refractivity contribution in [2.24, 2.45) is 0 Å². The van der Waals surface area contributed by atoms with E-state index >= 15 is 0 Å². The summed E-state index contributed by atoms with van der Waals surface area (Å²) in [5.74, 6) is 0. The fourth-order valence-electron chi connectivity index (χ4n) is 2.11. The summed E-state index contributed by atoms with van der Waals surface area (Å²) in [6.07, 6.45) is 17.1. The van der Waals surface area contributed by atoms with Gasteiger partial charge in [-0.05, 0) is 0 Å². The van der Waals surface area contributed by atoms with Crippen molar-refractivity contribution in [1.29, 1.82) is 0 Å². The van der Waals surface area contributed by atoms with Crippen molar-refractivity contribution in [2.45, 2.75) is 90.4 Å². The maximum atomic E-state index is 10.7. The van der Waals surface area contributed by atoms with Crippen molar-refractivity contribution in [3.63, 3.8) is 0 Å². The Hall–Kier alpha value is 0.460. The summed E-state index contributed by atoms with van der Waals surface area (Å²) in [7, 11) is 0. The quantitative estimate of drug-likeness (QED) is 0.344. The number of hydrogen-bond donors (Lipinski definition) is 0. The number of hydrogen-bond acceptors (Lipinski definition) is 1. The van der Waals surface area contributed by atoms with Crippen molar-refractivity contribution in [3.8, 4) is 0 Å². The SMILES string of the molecule is CCCCCCCCCCCCCCC(=O)[Te]. The van der Waals surface area contributed by atoms with Gasteiger partial charge in [0, 0.05) is 0 Å². The van der Waals surface area contributed by atoms with E-state index in [1.807, 2.05) is 0 Å². The van der Waals surface area contributed by atoms with Crippen LogP contribution in [0, 0.1) is 0 Å². The van der Waals surface area contributed by atoms with Crippen LogP contribution < -0.4 is 0 Å². The van der Waals surface area contributed by atoms with Gasteiger partial charge in [-0.3, -0.25) is 0 Å². The van der Waals surface area contributed by atoms with Gasteiger partial charge >= 0.3 is 102 Å². The molecule has 0 atom stereocenters. The van der Waals surface area contributed by atoms with Gasteiger partial charge in [0.1, 0.15) is 0 Å². The summed E-state index contributed by atoms with van der Waals surface area (Å²) in [4.78, 5) is 10.7. The van der Waals surface area contributed by atoms with Gasteiger partial charge in [-0.1, -0.05) is 19.8 Å². The van der Waals surface area contributed by atoms with Crippen LogP contribution in [0.25, 0.3) is 0 Å². The molecule has 0 fully saturated rings. The van der Waals surface area contributed by atoms with E-state index in [0.717, 1.165) is 12.8 Å². The molecule has 0 saturated heterocycles. The summed E-state index contributed by atoms with van der Waals surface area (Å²) in [5.41, 5.74) is 0. The molecule has 0 aromatic rings. The van der Waals surface area contributed by atoms with Crippen molar-refractivity contribution in [3.05, 3.63) is 0 Å². The molecule has 0 rings (SSSR count). The molecular weight excluding hydrogens is 324 g/mol. The molecule has 0 amide bonds. The number of carbonyl (C=O) groups is 1. The second-order valence-corrected chi connectivity index (χ2v) is 6.31. The van der Waals surface area contributed by atoms with E-state index in [1.54, 1.807) is 22.3 Å². The van der Waals surface area contributed by atoms with E-state index in [-0.39, 0.29) is 0 Å². The molecule has 1 radical (unpaired) electrons. The van der Waals surface area contributed by atoms with Gasteiger partial charge in [0.05, 0.1) is 0 Å². The average molecular weight is 353 g/mol.